The van der Waals surface area contributed by atoms with E-state index >= 15 is 0 Å². The van der Waals surface area contributed by atoms with Gasteiger partial charge in [0, 0.05) is 41.8 Å². The van der Waals surface area contributed by atoms with Crippen molar-refractivity contribution in [3.8, 4) is 11.3 Å². The number of ether oxygens (including phenoxy) is 1. The van der Waals surface area contributed by atoms with Gasteiger partial charge in [0.2, 0.25) is 5.95 Å². The summed E-state index contributed by atoms with van der Waals surface area (Å²) in [6, 6.07) is 8.06. The number of aromatic nitrogens is 3. The van der Waals surface area contributed by atoms with Gasteiger partial charge in [0.15, 0.2) is 0 Å². The third-order valence-electron chi connectivity index (χ3n) is 4.99. The Balaban J connectivity index is 1.51. The lowest BCUT2D eigenvalue weighted by molar-refractivity contribution is 0.0206. The highest BCUT2D eigenvalue weighted by molar-refractivity contribution is 6.33. The quantitative estimate of drug-likeness (QED) is 0.608. The number of anilines is 1. The first-order valence-electron chi connectivity index (χ1n) is 10.1. The summed E-state index contributed by atoms with van der Waals surface area (Å²) in [5, 5.41) is 4.91. The zero-order chi connectivity index (χ0) is 21.3. The molecule has 158 valence electrons. The van der Waals surface area contributed by atoms with Crippen LogP contribution in [0.3, 0.4) is 0 Å². The summed E-state index contributed by atoms with van der Waals surface area (Å²) < 4.78 is 5.51. The Bertz CT molecular complexity index is 1060. The van der Waals surface area contributed by atoms with Gasteiger partial charge in [-0.25, -0.2) is 14.8 Å². The molecule has 1 unspecified atom stereocenters. The van der Waals surface area contributed by atoms with E-state index in [1.807, 2.05) is 51.2 Å². The molecular formula is C22H26ClN5O2. The van der Waals surface area contributed by atoms with Crippen LogP contribution in [0.25, 0.3) is 22.2 Å². The molecule has 0 spiro atoms. The summed E-state index contributed by atoms with van der Waals surface area (Å²) >= 11 is 6.42. The first-order chi connectivity index (χ1) is 14.3. The molecule has 8 heteroatoms. The molecule has 0 aliphatic carbocycles. The van der Waals surface area contributed by atoms with Crippen LogP contribution in [0.4, 0.5) is 10.7 Å². The summed E-state index contributed by atoms with van der Waals surface area (Å²) in [5.74, 6) is 0.496. The number of likely N-dealkylation sites (tertiary alicyclic amines) is 1. The largest absolute Gasteiger partial charge is 0.444 e. The minimum Gasteiger partial charge on any atom is -0.444 e. The number of benzene rings is 1. The van der Waals surface area contributed by atoms with Crippen molar-refractivity contribution in [2.75, 3.05) is 18.4 Å². The first kappa shape index (κ1) is 20.5. The molecule has 0 bridgehead atoms. The maximum Gasteiger partial charge on any atom is 0.410 e. The monoisotopic (exact) mass is 427 g/mol. The van der Waals surface area contributed by atoms with Crippen LogP contribution in [0.1, 0.15) is 33.6 Å². The molecule has 2 N–H and O–H groups in total. The molecule has 7 nitrogen and oxygen atoms in total. The highest BCUT2D eigenvalue weighted by atomic mass is 35.5. The van der Waals surface area contributed by atoms with Gasteiger partial charge in [-0.3, -0.25) is 0 Å². The number of fused-ring (bicyclic) bond motifs is 1. The van der Waals surface area contributed by atoms with Crippen LogP contribution in [-0.2, 0) is 4.74 Å². The van der Waals surface area contributed by atoms with Gasteiger partial charge in [-0.1, -0.05) is 29.8 Å². The molecule has 1 amide bonds. The maximum atomic E-state index is 12.4. The molecule has 3 aromatic rings. The number of amides is 1. The van der Waals surface area contributed by atoms with Crippen molar-refractivity contribution >= 4 is 34.5 Å². The van der Waals surface area contributed by atoms with Crippen molar-refractivity contribution in [3.05, 3.63) is 41.7 Å². The van der Waals surface area contributed by atoms with E-state index in [2.05, 4.69) is 20.3 Å². The van der Waals surface area contributed by atoms with Gasteiger partial charge in [-0.05, 0) is 39.7 Å². The van der Waals surface area contributed by atoms with Crippen molar-refractivity contribution in [2.24, 2.45) is 0 Å². The molecule has 4 rings (SSSR count). The van der Waals surface area contributed by atoms with Gasteiger partial charge < -0.3 is 19.9 Å². The number of carbonyl (C=O) groups excluding carboxylic acids is 1. The lowest BCUT2D eigenvalue weighted by Crippen LogP contribution is -2.47. The Kier molecular flexibility index (Phi) is 5.56. The van der Waals surface area contributed by atoms with E-state index in [9.17, 15) is 4.79 Å². The Morgan fingerprint density at radius 3 is 2.93 bits per heavy atom. The average Bonchev–Trinajstić information content (AvgIpc) is 3.12. The molecule has 1 aliphatic heterocycles. The van der Waals surface area contributed by atoms with Crippen LogP contribution >= 0.6 is 11.6 Å². The minimum absolute atomic E-state index is 0.0447. The standard InChI is InChI=1S/C22H26ClN5O2/c1-22(2,3)30-21(29)28-10-6-7-14(13-28)26-20-25-12-17(23)19(27-20)16-11-24-18-9-5-4-8-15(16)18/h4-5,8-9,11-12,14,24H,6-7,10,13H2,1-3H3,(H,25,26,27). The fourth-order valence-electron chi connectivity index (χ4n) is 3.66. The molecule has 0 radical (unpaired) electrons. The summed E-state index contributed by atoms with van der Waals surface area (Å²) in [4.78, 5) is 26.4. The van der Waals surface area contributed by atoms with Crippen molar-refractivity contribution in [1.29, 1.82) is 0 Å². The fraction of sp³-hybridized carbons (Fsp3) is 0.409. The third kappa shape index (κ3) is 4.51. The van der Waals surface area contributed by atoms with Gasteiger partial charge >= 0.3 is 6.09 Å². The van der Waals surface area contributed by atoms with Gasteiger partial charge in [0.05, 0.1) is 16.9 Å². The third-order valence-corrected chi connectivity index (χ3v) is 5.27. The van der Waals surface area contributed by atoms with Crippen LogP contribution in [0.2, 0.25) is 5.02 Å². The zero-order valence-corrected chi connectivity index (χ0v) is 18.2. The Morgan fingerprint density at radius 2 is 2.13 bits per heavy atom. The highest BCUT2D eigenvalue weighted by Crippen LogP contribution is 2.32. The molecule has 1 aromatic carbocycles. The number of nitrogens with one attached hydrogen (secondary N) is 2. The number of para-hydroxylation sites is 1. The molecule has 3 heterocycles. The number of carbonyl (C=O) groups is 1. The minimum atomic E-state index is -0.509. The van der Waals surface area contributed by atoms with Crippen LogP contribution in [0, 0.1) is 0 Å². The summed E-state index contributed by atoms with van der Waals surface area (Å²) in [6.07, 6.45) is 5.05. The number of halogens is 1. The predicted molar refractivity (Wildman–Crippen MR) is 119 cm³/mol. The SMILES string of the molecule is CC(C)(C)OC(=O)N1CCCC(Nc2ncc(Cl)c(-c3c[nH]c4ccccc34)n2)C1. The number of hydrogen-bond donors (Lipinski definition) is 2. The second-order valence-electron chi connectivity index (χ2n) is 8.55. The van der Waals surface area contributed by atoms with Crippen molar-refractivity contribution < 1.29 is 9.53 Å². The van der Waals surface area contributed by atoms with E-state index in [0.717, 1.165) is 29.3 Å². The second-order valence-corrected chi connectivity index (χ2v) is 8.96. The first-order valence-corrected chi connectivity index (χ1v) is 10.5. The normalized spacial score (nSPS) is 17.2. The summed E-state index contributed by atoms with van der Waals surface area (Å²) in [5.41, 5.74) is 2.12. The molecule has 30 heavy (non-hydrogen) atoms. The molecule has 1 fully saturated rings. The zero-order valence-electron chi connectivity index (χ0n) is 17.4. The van der Waals surface area contributed by atoms with E-state index in [4.69, 9.17) is 16.3 Å². The average molecular weight is 428 g/mol. The van der Waals surface area contributed by atoms with Crippen LogP contribution in [0.5, 0.6) is 0 Å². The van der Waals surface area contributed by atoms with Crippen molar-refractivity contribution in [2.45, 2.75) is 45.3 Å². The van der Waals surface area contributed by atoms with E-state index in [0.29, 0.717) is 29.8 Å². The number of rotatable bonds is 3. The Labute approximate surface area is 180 Å². The van der Waals surface area contributed by atoms with Crippen LogP contribution in [0.15, 0.2) is 36.7 Å². The molecule has 2 aromatic heterocycles. The number of hydrogen-bond acceptors (Lipinski definition) is 5. The van der Waals surface area contributed by atoms with Gasteiger partial charge in [0.25, 0.3) is 0 Å². The second kappa shape index (κ2) is 8.14. The number of aromatic amines is 1. The molecular weight excluding hydrogens is 402 g/mol. The smallest absolute Gasteiger partial charge is 0.410 e. The van der Waals surface area contributed by atoms with Gasteiger partial charge in [-0.15, -0.1) is 0 Å². The maximum absolute atomic E-state index is 12.4. The summed E-state index contributed by atoms with van der Waals surface area (Å²) in [6.45, 7) is 6.85. The van der Waals surface area contributed by atoms with Crippen LogP contribution in [-0.4, -0.2) is 50.7 Å². The Hall–Kier alpha value is -2.80. The molecule has 1 aliphatic rings. The Morgan fingerprint density at radius 1 is 1.33 bits per heavy atom. The van der Waals surface area contributed by atoms with Gasteiger partial charge in [0.1, 0.15) is 5.60 Å². The number of piperidine rings is 1. The number of H-pyrrole nitrogens is 1. The van der Waals surface area contributed by atoms with E-state index < -0.39 is 5.60 Å². The summed E-state index contributed by atoms with van der Waals surface area (Å²) in [7, 11) is 0. The molecule has 1 saturated heterocycles. The van der Waals surface area contributed by atoms with E-state index in [1.165, 1.54) is 0 Å². The van der Waals surface area contributed by atoms with E-state index in [-0.39, 0.29) is 12.1 Å². The van der Waals surface area contributed by atoms with Crippen molar-refractivity contribution in [3.63, 3.8) is 0 Å². The fourth-order valence-corrected chi connectivity index (χ4v) is 3.86. The molecule has 0 saturated carbocycles. The van der Waals surface area contributed by atoms with E-state index in [1.54, 1.807) is 11.1 Å². The number of nitrogens with zero attached hydrogens (tertiary/aromatic N) is 3. The highest BCUT2D eigenvalue weighted by Gasteiger charge is 2.28. The predicted octanol–water partition coefficient (Wildman–Crippen LogP) is 5.09. The topological polar surface area (TPSA) is 83.1 Å². The van der Waals surface area contributed by atoms with Crippen molar-refractivity contribution in [1.82, 2.24) is 19.9 Å². The lowest BCUT2D eigenvalue weighted by Gasteiger charge is -2.34. The van der Waals surface area contributed by atoms with Gasteiger partial charge in [-0.2, -0.15) is 0 Å². The molecule has 1 atom stereocenters. The van der Waals surface area contributed by atoms with Crippen LogP contribution < -0.4 is 5.32 Å². The lowest BCUT2D eigenvalue weighted by atomic mass is 10.1.